The van der Waals surface area contributed by atoms with Crippen LogP contribution < -0.4 is 5.32 Å². The van der Waals surface area contributed by atoms with E-state index in [1.807, 2.05) is 0 Å². The van der Waals surface area contributed by atoms with E-state index in [2.05, 4.69) is 10.1 Å². The summed E-state index contributed by atoms with van der Waals surface area (Å²) in [5, 5.41) is 22.7. The van der Waals surface area contributed by atoms with Gasteiger partial charge >= 0.3 is 11.9 Å². The third-order valence-electron chi connectivity index (χ3n) is 3.66. The number of benzene rings is 2. The number of carbonyl (C=O) groups excluding carboxylic acids is 3. The Morgan fingerprint density at radius 1 is 1.04 bits per heavy atom. The average Bonchev–Trinajstić information content (AvgIpc) is 2.64. The highest BCUT2D eigenvalue weighted by molar-refractivity contribution is 6.09. The summed E-state index contributed by atoms with van der Waals surface area (Å²) in [7, 11) is 1.22. The van der Waals surface area contributed by atoms with E-state index in [-0.39, 0.29) is 41.2 Å². The van der Waals surface area contributed by atoms with Gasteiger partial charge in [0.15, 0.2) is 0 Å². The molecule has 3 N–H and O–H groups in total. The minimum atomic E-state index is -0.748. The van der Waals surface area contributed by atoms with Crippen LogP contribution in [0.2, 0.25) is 0 Å². The molecule has 0 aliphatic heterocycles. The SMILES string of the molecule is CCOC(=O)Cc1cc(O)c(C(=O)Nc2ccccc2C(=O)OC)cc1O. The summed E-state index contributed by atoms with van der Waals surface area (Å²) >= 11 is 0. The van der Waals surface area contributed by atoms with Crippen molar-refractivity contribution in [3.05, 3.63) is 53.1 Å². The lowest BCUT2D eigenvalue weighted by Gasteiger charge is -2.12. The molecule has 0 spiro atoms. The molecule has 1 amide bonds. The highest BCUT2D eigenvalue weighted by Crippen LogP contribution is 2.29. The second-order valence-electron chi connectivity index (χ2n) is 5.47. The average molecular weight is 373 g/mol. The largest absolute Gasteiger partial charge is 0.508 e. The summed E-state index contributed by atoms with van der Waals surface area (Å²) in [6, 6.07) is 8.35. The first-order valence-electron chi connectivity index (χ1n) is 8.06. The zero-order valence-corrected chi connectivity index (χ0v) is 14.8. The Hall–Kier alpha value is -3.55. The Morgan fingerprint density at radius 2 is 1.74 bits per heavy atom. The van der Waals surface area contributed by atoms with Gasteiger partial charge in [-0.15, -0.1) is 0 Å². The van der Waals surface area contributed by atoms with E-state index in [9.17, 15) is 24.6 Å². The number of rotatable bonds is 6. The van der Waals surface area contributed by atoms with Gasteiger partial charge in [0.05, 0.1) is 37.0 Å². The third kappa shape index (κ3) is 4.75. The lowest BCUT2D eigenvalue weighted by molar-refractivity contribution is -0.142. The van der Waals surface area contributed by atoms with Crippen LogP contribution in [0.4, 0.5) is 5.69 Å². The molecule has 0 bridgehead atoms. The molecule has 0 radical (unpaired) electrons. The number of anilines is 1. The van der Waals surface area contributed by atoms with E-state index in [0.29, 0.717) is 0 Å². The predicted molar refractivity (Wildman–Crippen MR) is 95.8 cm³/mol. The number of carbonyl (C=O) groups is 3. The minimum absolute atomic E-state index is 0.123. The quantitative estimate of drug-likeness (QED) is 0.524. The van der Waals surface area contributed by atoms with Crippen LogP contribution in [0.5, 0.6) is 11.5 Å². The van der Waals surface area contributed by atoms with Gasteiger partial charge in [-0.3, -0.25) is 9.59 Å². The third-order valence-corrected chi connectivity index (χ3v) is 3.66. The fourth-order valence-corrected chi connectivity index (χ4v) is 2.38. The van der Waals surface area contributed by atoms with Crippen molar-refractivity contribution in [2.45, 2.75) is 13.3 Å². The molecule has 0 saturated carbocycles. The van der Waals surface area contributed by atoms with Gasteiger partial charge in [-0.05, 0) is 31.2 Å². The molecule has 2 aromatic rings. The smallest absolute Gasteiger partial charge is 0.339 e. The second kappa shape index (κ2) is 8.70. The minimum Gasteiger partial charge on any atom is -0.508 e. The summed E-state index contributed by atoms with van der Waals surface area (Å²) in [5.41, 5.74) is 0.220. The molecule has 0 aromatic heterocycles. The maximum absolute atomic E-state index is 12.5. The van der Waals surface area contributed by atoms with Crippen LogP contribution in [0.1, 0.15) is 33.2 Å². The molecule has 8 nitrogen and oxygen atoms in total. The van der Waals surface area contributed by atoms with E-state index in [1.165, 1.54) is 19.2 Å². The molecule has 0 saturated heterocycles. The van der Waals surface area contributed by atoms with Crippen LogP contribution in [0.3, 0.4) is 0 Å². The van der Waals surface area contributed by atoms with E-state index < -0.39 is 23.6 Å². The molecular weight excluding hydrogens is 354 g/mol. The summed E-state index contributed by atoms with van der Waals surface area (Å²) in [4.78, 5) is 35.8. The Balaban J connectivity index is 2.26. The second-order valence-corrected chi connectivity index (χ2v) is 5.47. The number of nitrogens with one attached hydrogen (secondary N) is 1. The molecule has 27 heavy (non-hydrogen) atoms. The molecule has 2 aromatic carbocycles. The van der Waals surface area contributed by atoms with Gasteiger partial charge < -0.3 is 25.0 Å². The van der Waals surface area contributed by atoms with Crippen LogP contribution >= 0.6 is 0 Å². The number of phenolic OH excluding ortho intramolecular Hbond substituents is 2. The van der Waals surface area contributed by atoms with Crippen molar-refractivity contribution in [1.82, 2.24) is 0 Å². The van der Waals surface area contributed by atoms with E-state index in [0.717, 1.165) is 12.1 Å². The Bertz CT molecular complexity index is 876. The van der Waals surface area contributed by atoms with Gasteiger partial charge in [-0.2, -0.15) is 0 Å². The number of aromatic hydroxyl groups is 2. The highest BCUT2D eigenvalue weighted by atomic mass is 16.5. The first-order valence-corrected chi connectivity index (χ1v) is 8.06. The standard InChI is InChI=1S/C19H19NO7/c1-3-27-17(23)9-11-8-16(22)13(10-15(11)21)18(24)20-14-7-5-4-6-12(14)19(25)26-2/h4-8,10,21-22H,3,9H2,1-2H3,(H,20,24). The zero-order valence-electron chi connectivity index (χ0n) is 14.8. The molecule has 0 aliphatic rings. The maximum atomic E-state index is 12.5. The number of amides is 1. The normalized spacial score (nSPS) is 10.1. The molecule has 8 heteroatoms. The maximum Gasteiger partial charge on any atom is 0.339 e. The Morgan fingerprint density at radius 3 is 2.41 bits per heavy atom. The Labute approximate surface area is 155 Å². The first-order chi connectivity index (χ1) is 12.9. The van der Waals surface area contributed by atoms with Gasteiger partial charge in [0.1, 0.15) is 11.5 Å². The lowest BCUT2D eigenvalue weighted by atomic mass is 10.1. The van der Waals surface area contributed by atoms with Crippen molar-refractivity contribution >= 4 is 23.5 Å². The number of ether oxygens (including phenoxy) is 2. The van der Waals surface area contributed by atoms with E-state index in [4.69, 9.17) is 4.74 Å². The first kappa shape index (κ1) is 19.8. The number of methoxy groups -OCH3 is 1. The molecule has 0 aliphatic carbocycles. The predicted octanol–water partition coefficient (Wildman–Crippen LogP) is 2.24. The molecule has 0 heterocycles. The van der Waals surface area contributed by atoms with Crippen molar-refractivity contribution in [3.63, 3.8) is 0 Å². The van der Waals surface area contributed by atoms with Crippen molar-refractivity contribution in [2.24, 2.45) is 0 Å². The molecule has 0 unspecified atom stereocenters. The fraction of sp³-hybridized carbons (Fsp3) is 0.211. The van der Waals surface area contributed by atoms with Crippen LogP contribution in [-0.2, 0) is 20.7 Å². The van der Waals surface area contributed by atoms with Crippen LogP contribution in [0.15, 0.2) is 36.4 Å². The van der Waals surface area contributed by atoms with Crippen LogP contribution in [0.25, 0.3) is 0 Å². The topological polar surface area (TPSA) is 122 Å². The van der Waals surface area contributed by atoms with Crippen molar-refractivity contribution in [2.75, 3.05) is 19.0 Å². The summed E-state index contributed by atoms with van der Waals surface area (Å²) in [6.07, 6.45) is -0.250. The van der Waals surface area contributed by atoms with Crippen molar-refractivity contribution < 1.29 is 34.1 Å². The zero-order chi connectivity index (χ0) is 20.0. The van der Waals surface area contributed by atoms with E-state index >= 15 is 0 Å². The Kier molecular flexibility index (Phi) is 6.37. The van der Waals surface area contributed by atoms with Gasteiger partial charge in [-0.1, -0.05) is 12.1 Å². The van der Waals surface area contributed by atoms with Gasteiger partial charge in [-0.25, -0.2) is 4.79 Å². The summed E-state index contributed by atoms with van der Waals surface area (Å²) < 4.78 is 9.45. The lowest BCUT2D eigenvalue weighted by Crippen LogP contribution is -2.16. The summed E-state index contributed by atoms with van der Waals surface area (Å²) in [5.74, 6) is -2.73. The number of esters is 2. The van der Waals surface area contributed by atoms with Crippen LogP contribution in [0, 0.1) is 0 Å². The summed E-state index contributed by atoms with van der Waals surface area (Å²) in [6.45, 7) is 1.83. The van der Waals surface area contributed by atoms with Crippen molar-refractivity contribution in [3.8, 4) is 11.5 Å². The van der Waals surface area contributed by atoms with Gasteiger partial charge in [0, 0.05) is 5.56 Å². The molecular formula is C19H19NO7. The van der Waals surface area contributed by atoms with Gasteiger partial charge in [0.25, 0.3) is 5.91 Å². The molecule has 2 rings (SSSR count). The molecule has 0 fully saturated rings. The van der Waals surface area contributed by atoms with Crippen molar-refractivity contribution in [1.29, 1.82) is 0 Å². The fourth-order valence-electron chi connectivity index (χ4n) is 2.38. The van der Waals surface area contributed by atoms with E-state index in [1.54, 1.807) is 19.1 Å². The number of para-hydroxylation sites is 1. The number of phenols is 2. The van der Waals surface area contributed by atoms with Gasteiger partial charge in [0.2, 0.25) is 0 Å². The highest BCUT2D eigenvalue weighted by Gasteiger charge is 2.19. The monoisotopic (exact) mass is 373 g/mol. The molecule has 0 atom stereocenters. The number of hydrogen-bond donors (Lipinski definition) is 3. The van der Waals surface area contributed by atoms with Crippen LogP contribution in [-0.4, -0.2) is 41.8 Å². The number of hydrogen-bond acceptors (Lipinski definition) is 7. The molecule has 142 valence electrons.